The zero-order valence-corrected chi connectivity index (χ0v) is 12.3. The smallest absolute Gasteiger partial charge is 0.254 e. The zero-order valence-electron chi connectivity index (χ0n) is 12.3. The summed E-state index contributed by atoms with van der Waals surface area (Å²) in [5.74, 6) is 0.674. The van der Waals surface area contributed by atoms with Crippen molar-refractivity contribution in [1.29, 1.82) is 0 Å². The second kappa shape index (κ2) is 5.13. The summed E-state index contributed by atoms with van der Waals surface area (Å²) in [5, 5.41) is 1.07. The van der Waals surface area contributed by atoms with E-state index in [0.717, 1.165) is 22.2 Å². The Hall–Kier alpha value is -2.49. The van der Waals surface area contributed by atoms with Gasteiger partial charge in [0, 0.05) is 16.6 Å². The molecule has 0 fully saturated rings. The summed E-state index contributed by atoms with van der Waals surface area (Å²) in [6.45, 7) is 5.86. The number of H-pyrrole nitrogens is 1. The molecule has 0 bridgehead atoms. The average molecular weight is 279 g/mol. The fourth-order valence-electron chi connectivity index (χ4n) is 2.59. The van der Waals surface area contributed by atoms with Crippen LogP contribution in [-0.4, -0.2) is 15.0 Å². The highest BCUT2D eigenvalue weighted by molar-refractivity contribution is 5.80. The van der Waals surface area contributed by atoms with Gasteiger partial charge in [-0.25, -0.2) is 9.97 Å². The molecule has 3 aromatic rings. The van der Waals surface area contributed by atoms with Crippen molar-refractivity contribution in [3.8, 4) is 11.5 Å². The van der Waals surface area contributed by atoms with E-state index in [4.69, 9.17) is 0 Å². The van der Waals surface area contributed by atoms with Gasteiger partial charge in [-0.05, 0) is 25.0 Å². The highest BCUT2D eigenvalue weighted by atomic mass is 16.1. The SMILES string of the molecule is Cc1nc(-c2ccc3ccccc3n2)[nH]c(=O)c1C(C)C. The van der Waals surface area contributed by atoms with Crippen molar-refractivity contribution in [3.63, 3.8) is 0 Å². The molecule has 21 heavy (non-hydrogen) atoms. The Morgan fingerprint density at radius 1 is 1.05 bits per heavy atom. The zero-order chi connectivity index (χ0) is 15.0. The summed E-state index contributed by atoms with van der Waals surface area (Å²) in [6.07, 6.45) is 0. The van der Waals surface area contributed by atoms with Crippen LogP contribution in [0.15, 0.2) is 41.2 Å². The van der Waals surface area contributed by atoms with Crippen molar-refractivity contribution in [2.75, 3.05) is 0 Å². The highest BCUT2D eigenvalue weighted by Gasteiger charge is 2.13. The number of nitrogens with one attached hydrogen (secondary N) is 1. The summed E-state index contributed by atoms with van der Waals surface area (Å²) in [7, 11) is 0. The molecule has 0 spiro atoms. The van der Waals surface area contributed by atoms with Crippen molar-refractivity contribution in [2.45, 2.75) is 26.7 Å². The van der Waals surface area contributed by atoms with Gasteiger partial charge in [-0.3, -0.25) is 4.79 Å². The predicted octanol–water partition coefficient (Wildman–Crippen LogP) is 3.42. The largest absolute Gasteiger partial charge is 0.305 e. The van der Waals surface area contributed by atoms with E-state index in [-0.39, 0.29) is 11.5 Å². The van der Waals surface area contributed by atoms with Gasteiger partial charge in [0.15, 0.2) is 5.82 Å². The molecule has 0 amide bonds. The van der Waals surface area contributed by atoms with E-state index in [2.05, 4.69) is 15.0 Å². The number of aromatic amines is 1. The molecular formula is C17H17N3O. The van der Waals surface area contributed by atoms with Crippen LogP contribution in [0.25, 0.3) is 22.4 Å². The topological polar surface area (TPSA) is 58.6 Å². The molecular weight excluding hydrogens is 262 g/mol. The van der Waals surface area contributed by atoms with E-state index in [1.807, 2.05) is 57.2 Å². The first-order valence-corrected chi connectivity index (χ1v) is 7.03. The molecule has 2 heterocycles. The van der Waals surface area contributed by atoms with Gasteiger partial charge in [0.05, 0.1) is 5.52 Å². The second-order valence-corrected chi connectivity index (χ2v) is 5.46. The summed E-state index contributed by atoms with van der Waals surface area (Å²) in [6, 6.07) is 11.8. The van der Waals surface area contributed by atoms with Crippen molar-refractivity contribution in [3.05, 3.63) is 58.0 Å². The van der Waals surface area contributed by atoms with Gasteiger partial charge in [0.25, 0.3) is 5.56 Å². The lowest BCUT2D eigenvalue weighted by Gasteiger charge is -2.09. The molecule has 4 heteroatoms. The summed E-state index contributed by atoms with van der Waals surface area (Å²) in [5.41, 5.74) is 2.99. The minimum atomic E-state index is -0.0811. The van der Waals surface area contributed by atoms with Crippen LogP contribution >= 0.6 is 0 Å². The lowest BCUT2D eigenvalue weighted by atomic mass is 10.0. The second-order valence-electron chi connectivity index (χ2n) is 5.46. The molecule has 0 saturated heterocycles. The number of hydrogen-bond donors (Lipinski definition) is 1. The predicted molar refractivity (Wildman–Crippen MR) is 84.4 cm³/mol. The minimum Gasteiger partial charge on any atom is -0.305 e. The molecule has 1 aromatic carbocycles. The maximum absolute atomic E-state index is 12.2. The van der Waals surface area contributed by atoms with Crippen LogP contribution in [0.1, 0.15) is 31.0 Å². The van der Waals surface area contributed by atoms with Crippen LogP contribution in [0.3, 0.4) is 0 Å². The Kier molecular flexibility index (Phi) is 3.29. The molecule has 106 valence electrons. The summed E-state index contributed by atoms with van der Waals surface area (Å²) < 4.78 is 0. The van der Waals surface area contributed by atoms with E-state index in [0.29, 0.717) is 11.5 Å². The van der Waals surface area contributed by atoms with Gasteiger partial charge in [-0.1, -0.05) is 38.1 Å². The van der Waals surface area contributed by atoms with Gasteiger partial charge in [-0.15, -0.1) is 0 Å². The van der Waals surface area contributed by atoms with Crippen LogP contribution in [-0.2, 0) is 0 Å². The van der Waals surface area contributed by atoms with Crippen LogP contribution in [0.4, 0.5) is 0 Å². The Bertz CT molecular complexity index is 865. The fraction of sp³-hybridized carbons (Fsp3) is 0.235. The first kappa shape index (κ1) is 13.5. The lowest BCUT2D eigenvalue weighted by Crippen LogP contribution is -2.18. The number of hydrogen-bond acceptors (Lipinski definition) is 3. The fourth-order valence-corrected chi connectivity index (χ4v) is 2.59. The quantitative estimate of drug-likeness (QED) is 0.782. The average Bonchev–Trinajstić information content (AvgIpc) is 2.45. The van der Waals surface area contributed by atoms with Gasteiger partial charge < -0.3 is 4.98 Å². The normalized spacial score (nSPS) is 11.2. The van der Waals surface area contributed by atoms with Gasteiger partial charge in [-0.2, -0.15) is 0 Å². The molecule has 1 N–H and O–H groups in total. The minimum absolute atomic E-state index is 0.0811. The Morgan fingerprint density at radius 3 is 2.52 bits per heavy atom. The first-order chi connectivity index (χ1) is 10.1. The first-order valence-electron chi connectivity index (χ1n) is 7.03. The van der Waals surface area contributed by atoms with E-state index >= 15 is 0 Å². The molecule has 3 rings (SSSR count). The van der Waals surface area contributed by atoms with E-state index in [1.165, 1.54) is 0 Å². The van der Waals surface area contributed by atoms with Gasteiger partial charge in [0.1, 0.15) is 5.69 Å². The molecule has 0 radical (unpaired) electrons. The molecule has 2 aromatic heterocycles. The number of benzene rings is 1. The van der Waals surface area contributed by atoms with Crippen molar-refractivity contribution in [2.24, 2.45) is 0 Å². The van der Waals surface area contributed by atoms with E-state index in [9.17, 15) is 4.79 Å². The van der Waals surface area contributed by atoms with Gasteiger partial charge >= 0.3 is 0 Å². The summed E-state index contributed by atoms with van der Waals surface area (Å²) in [4.78, 5) is 24.1. The van der Waals surface area contributed by atoms with E-state index < -0.39 is 0 Å². The molecule has 0 aliphatic rings. The lowest BCUT2D eigenvalue weighted by molar-refractivity contribution is 0.814. The number of rotatable bonds is 2. The number of para-hydroxylation sites is 1. The third-order valence-electron chi connectivity index (χ3n) is 3.56. The third kappa shape index (κ3) is 2.44. The maximum atomic E-state index is 12.2. The molecule has 0 saturated carbocycles. The third-order valence-corrected chi connectivity index (χ3v) is 3.56. The molecule has 0 unspecified atom stereocenters. The Labute approximate surface area is 122 Å². The highest BCUT2D eigenvalue weighted by Crippen LogP contribution is 2.19. The number of aromatic nitrogens is 3. The Balaban J connectivity index is 2.17. The maximum Gasteiger partial charge on any atom is 0.254 e. The van der Waals surface area contributed by atoms with Crippen molar-refractivity contribution >= 4 is 10.9 Å². The molecule has 0 aliphatic heterocycles. The number of fused-ring (bicyclic) bond motifs is 1. The van der Waals surface area contributed by atoms with Crippen molar-refractivity contribution < 1.29 is 0 Å². The molecule has 0 aliphatic carbocycles. The number of pyridine rings is 1. The van der Waals surface area contributed by atoms with Crippen LogP contribution in [0.5, 0.6) is 0 Å². The van der Waals surface area contributed by atoms with E-state index in [1.54, 1.807) is 0 Å². The van der Waals surface area contributed by atoms with Crippen LogP contribution < -0.4 is 5.56 Å². The van der Waals surface area contributed by atoms with Crippen LogP contribution in [0, 0.1) is 6.92 Å². The molecule has 4 nitrogen and oxygen atoms in total. The monoisotopic (exact) mass is 279 g/mol. The van der Waals surface area contributed by atoms with Gasteiger partial charge in [0.2, 0.25) is 0 Å². The number of nitrogens with zero attached hydrogens (tertiary/aromatic N) is 2. The van der Waals surface area contributed by atoms with Crippen LogP contribution in [0.2, 0.25) is 0 Å². The Morgan fingerprint density at radius 2 is 1.81 bits per heavy atom. The van der Waals surface area contributed by atoms with Crippen molar-refractivity contribution in [1.82, 2.24) is 15.0 Å². The summed E-state index contributed by atoms with van der Waals surface area (Å²) >= 11 is 0. The number of aryl methyl sites for hydroxylation is 1. The molecule has 0 atom stereocenters. The standard InChI is InChI=1S/C17H17N3O/c1-10(2)15-11(3)18-16(20-17(15)21)14-9-8-12-6-4-5-7-13(12)19-14/h4-10H,1-3H3,(H,18,20,21).